The van der Waals surface area contributed by atoms with Crippen molar-refractivity contribution in [3.05, 3.63) is 71.9 Å². The number of carbonyl (C=O) groups excluding carboxylic acids is 1. The number of carbonyl (C=O) groups is 1. The van der Waals surface area contributed by atoms with E-state index in [4.69, 9.17) is 17.5 Å². The first kappa shape index (κ1) is 27.5. The zero-order chi connectivity index (χ0) is 26.2. The van der Waals surface area contributed by atoms with Crippen LogP contribution >= 0.6 is 0 Å². The standard InChI is InChI=1S/C25H30N4O2.H2O4S/c1-19-17-23(21-9-5-6-10-22(21)27-19)28-24(30)26-13-16-29-14-11-25(31,12-15-29)18-20-7-3-2-4-8-20;1-5(2,3)4/h2-10,17,31H,11-16,18H2,1H3,(H2,26,27,28,30);(H2,1,2,3,4). The fourth-order valence-corrected chi connectivity index (χ4v) is 4.25. The Morgan fingerprint density at radius 3 is 2.33 bits per heavy atom. The number of fused-ring (bicyclic) bond motifs is 1. The van der Waals surface area contributed by atoms with Gasteiger partial charge in [0.05, 0.1) is 16.8 Å². The van der Waals surface area contributed by atoms with Gasteiger partial charge in [-0.2, -0.15) is 8.42 Å². The number of piperidine rings is 1. The normalized spacial score (nSPS) is 15.6. The van der Waals surface area contributed by atoms with E-state index in [1.54, 1.807) is 0 Å². The molecule has 2 aromatic carbocycles. The van der Waals surface area contributed by atoms with Gasteiger partial charge >= 0.3 is 16.4 Å². The van der Waals surface area contributed by atoms with Gasteiger partial charge in [0.1, 0.15) is 0 Å². The van der Waals surface area contributed by atoms with Crippen LogP contribution in [0.2, 0.25) is 0 Å². The second-order valence-electron chi connectivity index (χ2n) is 8.89. The summed E-state index contributed by atoms with van der Waals surface area (Å²) in [5.41, 5.74) is 3.04. The number of aliphatic hydroxyl groups is 1. The van der Waals surface area contributed by atoms with Crippen molar-refractivity contribution in [1.82, 2.24) is 15.2 Å². The van der Waals surface area contributed by atoms with Crippen LogP contribution in [0.3, 0.4) is 0 Å². The Hall–Kier alpha value is -3.09. The second kappa shape index (κ2) is 12.2. The van der Waals surface area contributed by atoms with Crippen LogP contribution in [0.5, 0.6) is 0 Å². The van der Waals surface area contributed by atoms with Crippen molar-refractivity contribution in [1.29, 1.82) is 0 Å². The molecule has 194 valence electrons. The topological polar surface area (TPSA) is 152 Å². The van der Waals surface area contributed by atoms with Crippen LogP contribution in [0.1, 0.15) is 24.1 Å². The highest BCUT2D eigenvalue weighted by molar-refractivity contribution is 7.79. The Bertz CT molecular complexity index is 1250. The Balaban J connectivity index is 0.000000658. The fraction of sp³-hybridized carbons (Fsp3) is 0.360. The third kappa shape index (κ3) is 9.17. The lowest BCUT2D eigenvalue weighted by atomic mass is 9.85. The number of anilines is 1. The lowest BCUT2D eigenvalue weighted by Crippen LogP contribution is -2.47. The molecule has 1 fully saturated rings. The van der Waals surface area contributed by atoms with Gasteiger partial charge in [0, 0.05) is 43.7 Å². The molecular weight excluding hydrogens is 484 g/mol. The maximum Gasteiger partial charge on any atom is 0.394 e. The molecule has 0 unspecified atom stereocenters. The van der Waals surface area contributed by atoms with E-state index in [0.717, 1.165) is 54.8 Å². The van der Waals surface area contributed by atoms with Gasteiger partial charge in [-0.15, -0.1) is 0 Å². The largest absolute Gasteiger partial charge is 0.394 e. The van der Waals surface area contributed by atoms with Crippen LogP contribution in [0.4, 0.5) is 10.5 Å². The fourth-order valence-electron chi connectivity index (χ4n) is 4.25. The Kier molecular flexibility index (Phi) is 9.35. The number of para-hydroxylation sites is 1. The number of pyridine rings is 1. The molecule has 4 rings (SSSR count). The van der Waals surface area contributed by atoms with E-state index in [9.17, 15) is 9.90 Å². The van der Waals surface area contributed by atoms with E-state index < -0.39 is 16.0 Å². The summed E-state index contributed by atoms with van der Waals surface area (Å²) in [6, 6.07) is 19.6. The summed E-state index contributed by atoms with van der Waals surface area (Å²) in [4.78, 5) is 19.2. The van der Waals surface area contributed by atoms with Crippen LogP contribution < -0.4 is 10.6 Å². The van der Waals surface area contributed by atoms with E-state index in [1.807, 2.05) is 55.5 Å². The monoisotopic (exact) mass is 516 g/mol. The summed E-state index contributed by atoms with van der Waals surface area (Å²) in [5, 5.41) is 17.7. The maximum absolute atomic E-state index is 12.4. The van der Waals surface area contributed by atoms with E-state index >= 15 is 0 Å². The molecule has 1 aliphatic rings. The highest BCUT2D eigenvalue weighted by atomic mass is 32.3. The summed E-state index contributed by atoms with van der Waals surface area (Å²) in [5.74, 6) is 0. The van der Waals surface area contributed by atoms with Crippen LogP contribution in [0.25, 0.3) is 10.9 Å². The minimum Gasteiger partial charge on any atom is -0.389 e. The van der Waals surface area contributed by atoms with Gasteiger partial charge in [-0.25, -0.2) is 4.79 Å². The Morgan fingerprint density at radius 2 is 1.67 bits per heavy atom. The third-order valence-corrected chi connectivity index (χ3v) is 5.97. The number of nitrogens with one attached hydrogen (secondary N) is 2. The molecule has 0 aliphatic carbocycles. The number of amides is 2. The molecule has 10 nitrogen and oxygen atoms in total. The van der Waals surface area contributed by atoms with Crippen LogP contribution in [-0.4, -0.2) is 70.3 Å². The average Bonchev–Trinajstić information content (AvgIpc) is 2.80. The number of rotatable bonds is 6. The number of aromatic nitrogens is 1. The van der Waals surface area contributed by atoms with Crippen molar-refractivity contribution in [3.63, 3.8) is 0 Å². The SMILES string of the molecule is Cc1cc(NC(=O)NCCN2CCC(O)(Cc3ccccc3)CC2)c2ccccc2n1.O=S(=O)(O)O. The Morgan fingerprint density at radius 1 is 1.06 bits per heavy atom. The molecule has 2 amide bonds. The first-order valence-corrected chi connectivity index (χ1v) is 13.0. The lowest BCUT2D eigenvalue weighted by Gasteiger charge is -2.38. The van der Waals surface area contributed by atoms with Gasteiger partial charge in [-0.1, -0.05) is 48.5 Å². The molecule has 1 aromatic heterocycles. The van der Waals surface area contributed by atoms with E-state index in [0.29, 0.717) is 13.0 Å². The van der Waals surface area contributed by atoms with Crippen molar-refractivity contribution >= 4 is 33.0 Å². The summed E-state index contributed by atoms with van der Waals surface area (Å²) in [6.07, 6.45) is 2.19. The molecule has 0 bridgehead atoms. The minimum absolute atomic E-state index is 0.214. The van der Waals surface area contributed by atoms with Gasteiger partial charge < -0.3 is 20.6 Å². The number of nitrogens with zero attached hydrogens (tertiary/aromatic N) is 2. The molecule has 36 heavy (non-hydrogen) atoms. The molecular formula is C25H32N4O6S. The molecule has 0 radical (unpaired) electrons. The van der Waals surface area contributed by atoms with Gasteiger partial charge in [0.2, 0.25) is 0 Å². The van der Waals surface area contributed by atoms with Crippen LogP contribution in [-0.2, 0) is 16.8 Å². The summed E-state index contributed by atoms with van der Waals surface area (Å²) >= 11 is 0. The molecule has 0 atom stereocenters. The third-order valence-electron chi connectivity index (χ3n) is 5.97. The number of hydrogen-bond acceptors (Lipinski definition) is 6. The summed E-state index contributed by atoms with van der Waals surface area (Å²) in [7, 11) is -4.67. The predicted molar refractivity (Wildman–Crippen MR) is 138 cm³/mol. The van der Waals surface area contributed by atoms with Crippen molar-refractivity contribution in [2.45, 2.75) is 31.8 Å². The van der Waals surface area contributed by atoms with Gasteiger partial charge in [-0.3, -0.25) is 14.1 Å². The van der Waals surface area contributed by atoms with Gasteiger partial charge in [0.25, 0.3) is 0 Å². The predicted octanol–water partition coefficient (Wildman–Crippen LogP) is 3.08. The summed E-state index contributed by atoms with van der Waals surface area (Å²) in [6.45, 7) is 4.92. The molecule has 1 saturated heterocycles. The molecule has 3 aromatic rings. The molecule has 0 spiro atoms. The number of likely N-dealkylation sites (tertiary alicyclic amines) is 1. The molecule has 2 heterocycles. The maximum atomic E-state index is 12.4. The van der Waals surface area contributed by atoms with Crippen LogP contribution in [0.15, 0.2) is 60.7 Å². The lowest BCUT2D eigenvalue weighted by molar-refractivity contribution is -0.0201. The van der Waals surface area contributed by atoms with Crippen LogP contribution in [0, 0.1) is 6.92 Å². The number of benzene rings is 2. The molecule has 0 saturated carbocycles. The zero-order valence-corrected chi connectivity index (χ0v) is 20.9. The zero-order valence-electron chi connectivity index (χ0n) is 20.1. The number of hydrogen-bond donors (Lipinski definition) is 5. The van der Waals surface area contributed by atoms with Crippen molar-refractivity contribution in [2.75, 3.05) is 31.5 Å². The second-order valence-corrected chi connectivity index (χ2v) is 9.78. The number of urea groups is 1. The highest BCUT2D eigenvalue weighted by Gasteiger charge is 2.32. The minimum atomic E-state index is -4.67. The smallest absolute Gasteiger partial charge is 0.389 e. The van der Waals surface area contributed by atoms with E-state index in [1.165, 1.54) is 5.56 Å². The molecule has 11 heteroatoms. The van der Waals surface area contributed by atoms with Gasteiger partial charge in [0.15, 0.2) is 0 Å². The van der Waals surface area contributed by atoms with Crippen molar-refractivity contribution in [2.24, 2.45) is 0 Å². The van der Waals surface area contributed by atoms with Crippen molar-refractivity contribution in [3.8, 4) is 0 Å². The first-order chi connectivity index (χ1) is 17.0. The number of aryl methyl sites for hydroxylation is 1. The van der Waals surface area contributed by atoms with E-state index in [2.05, 4.69) is 32.7 Å². The average molecular weight is 517 g/mol. The van der Waals surface area contributed by atoms with Gasteiger partial charge in [-0.05, 0) is 37.5 Å². The highest BCUT2D eigenvalue weighted by Crippen LogP contribution is 2.26. The first-order valence-electron chi connectivity index (χ1n) is 11.6. The van der Waals surface area contributed by atoms with Crippen molar-refractivity contribution < 1.29 is 27.4 Å². The van der Waals surface area contributed by atoms with E-state index in [-0.39, 0.29) is 6.03 Å². The summed E-state index contributed by atoms with van der Waals surface area (Å²) < 4.78 is 31.6. The quantitative estimate of drug-likeness (QED) is 0.314. The molecule has 5 N–H and O–H groups in total. The Labute approximate surface area is 210 Å². The molecule has 1 aliphatic heterocycles.